The van der Waals surface area contributed by atoms with Crippen LogP contribution in [0.25, 0.3) is 37.5 Å². The van der Waals surface area contributed by atoms with Crippen molar-refractivity contribution >= 4 is 85.0 Å². The Morgan fingerprint density at radius 1 is 0.912 bits per heavy atom. The number of thiophene rings is 1. The van der Waals surface area contributed by atoms with Gasteiger partial charge in [-0.2, -0.15) is 5.10 Å². The molecule has 2 aliphatic carbocycles. The van der Waals surface area contributed by atoms with Crippen molar-refractivity contribution in [2.45, 2.75) is 32.6 Å². The normalized spacial score (nSPS) is 25.6. The molecule has 9 nitrogen and oxygen atoms in total. The van der Waals surface area contributed by atoms with Crippen LogP contribution in [-0.4, -0.2) is 38.5 Å². The van der Waals surface area contributed by atoms with Gasteiger partial charge < -0.3 is 5.11 Å². The average Bonchev–Trinajstić information content (AvgIpc) is 3.88. The summed E-state index contributed by atoms with van der Waals surface area (Å²) in [7, 11) is 1.73. The minimum atomic E-state index is -1.35. The molecule has 2 saturated heterocycles. The molecule has 57 heavy (non-hydrogen) atoms. The molecule has 2 aliphatic heterocycles. The Hall–Kier alpha value is -5.84. The number of aromatic hydroxyl groups is 1. The van der Waals surface area contributed by atoms with E-state index in [-0.39, 0.29) is 24.0 Å². The molecule has 4 heterocycles. The van der Waals surface area contributed by atoms with Gasteiger partial charge >= 0.3 is 0 Å². The van der Waals surface area contributed by atoms with E-state index >= 15 is 9.59 Å². The lowest BCUT2D eigenvalue weighted by atomic mass is 9.51. The number of halogens is 1. The zero-order chi connectivity index (χ0) is 39.7. The van der Waals surface area contributed by atoms with E-state index in [1.165, 1.54) is 9.80 Å². The number of aromatic nitrogens is 2. The van der Waals surface area contributed by atoms with Crippen LogP contribution < -0.4 is 9.80 Å². The van der Waals surface area contributed by atoms with Crippen LogP contribution in [0, 0.1) is 36.0 Å². The quantitative estimate of drug-likeness (QED) is 0.138. The molecule has 3 fully saturated rings. The van der Waals surface area contributed by atoms with E-state index in [2.05, 4.69) is 6.58 Å². The number of hydrogen-bond donors (Lipinski definition) is 1. The third kappa shape index (κ3) is 4.90. The minimum Gasteiger partial charge on any atom is -0.508 e. The molecular formula is C46H37ClN4O5S. The van der Waals surface area contributed by atoms with E-state index in [1.54, 1.807) is 53.4 Å². The van der Waals surface area contributed by atoms with Crippen molar-refractivity contribution < 1.29 is 24.3 Å². The number of nitrogens with zero attached hydrogens (tertiary/aromatic N) is 4. The molecule has 4 amide bonds. The van der Waals surface area contributed by atoms with E-state index in [0.717, 1.165) is 42.4 Å². The molecule has 0 radical (unpaired) electrons. The number of imide groups is 2. The topological polar surface area (TPSA) is 113 Å². The van der Waals surface area contributed by atoms with Gasteiger partial charge in [0.2, 0.25) is 23.6 Å². The average molecular weight is 793 g/mol. The van der Waals surface area contributed by atoms with Gasteiger partial charge in [-0.15, -0.1) is 11.3 Å². The second-order valence-corrected chi connectivity index (χ2v) is 17.4. The second kappa shape index (κ2) is 12.6. The van der Waals surface area contributed by atoms with Crippen molar-refractivity contribution in [3.63, 3.8) is 0 Å². The van der Waals surface area contributed by atoms with Crippen molar-refractivity contribution in [1.29, 1.82) is 0 Å². The molecular weight excluding hydrogens is 756 g/mol. The van der Waals surface area contributed by atoms with Gasteiger partial charge in [0.25, 0.3) is 0 Å². The molecule has 2 aromatic heterocycles. The highest BCUT2D eigenvalue weighted by Crippen LogP contribution is 2.65. The van der Waals surface area contributed by atoms with Crippen molar-refractivity contribution in [1.82, 2.24) is 9.78 Å². The number of carbonyl (C=O) groups excluding carboxylic acids is 4. The van der Waals surface area contributed by atoms with Crippen LogP contribution in [-0.2, 0) is 26.2 Å². The number of rotatable bonds is 5. The maximum absolute atomic E-state index is 15.4. The summed E-state index contributed by atoms with van der Waals surface area (Å²) < 4.78 is 2.62. The Morgan fingerprint density at radius 3 is 2.46 bits per heavy atom. The predicted octanol–water partition coefficient (Wildman–Crippen LogP) is 9.20. The molecule has 6 aromatic rings. The molecule has 0 bridgehead atoms. The van der Waals surface area contributed by atoms with Crippen molar-refractivity contribution in [3.8, 4) is 16.3 Å². The summed E-state index contributed by atoms with van der Waals surface area (Å²) in [5.41, 5.74) is 2.97. The number of phenols is 1. The first-order valence-corrected chi connectivity index (χ1v) is 20.2. The highest BCUT2D eigenvalue weighted by Gasteiger charge is 2.68. The number of anilines is 2. The molecule has 0 unspecified atom stereocenters. The third-order valence-corrected chi connectivity index (χ3v) is 14.6. The lowest BCUT2D eigenvalue weighted by Crippen LogP contribution is -2.49. The van der Waals surface area contributed by atoms with Gasteiger partial charge in [0.15, 0.2) is 0 Å². The Labute approximate surface area is 337 Å². The number of benzene rings is 4. The van der Waals surface area contributed by atoms with E-state index in [1.807, 2.05) is 80.6 Å². The molecule has 1 saturated carbocycles. The number of carbonyl (C=O) groups is 4. The summed E-state index contributed by atoms with van der Waals surface area (Å²) in [6.07, 6.45) is 4.19. The minimum absolute atomic E-state index is 0.00182. The van der Waals surface area contributed by atoms with Crippen LogP contribution in [0.15, 0.2) is 103 Å². The van der Waals surface area contributed by atoms with Crippen LogP contribution in [0.4, 0.5) is 11.5 Å². The van der Waals surface area contributed by atoms with Gasteiger partial charge in [0.05, 0.1) is 33.7 Å². The number of fused-ring (bicyclic) bond motifs is 6. The van der Waals surface area contributed by atoms with Crippen molar-refractivity contribution in [3.05, 3.63) is 125 Å². The van der Waals surface area contributed by atoms with Gasteiger partial charge in [-0.3, -0.25) is 28.8 Å². The summed E-state index contributed by atoms with van der Waals surface area (Å²) in [6, 6.07) is 25.8. The van der Waals surface area contributed by atoms with Gasteiger partial charge in [0.1, 0.15) is 17.3 Å². The highest BCUT2D eigenvalue weighted by atomic mass is 35.5. The Balaban J connectivity index is 1.12. The van der Waals surface area contributed by atoms with Gasteiger partial charge in [-0.25, -0.2) is 4.90 Å². The number of hydrogen-bond acceptors (Lipinski definition) is 7. The Kier molecular flexibility index (Phi) is 7.85. The summed E-state index contributed by atoms with van der Waals surface area (Å²) in [5.74, 6) is -4.60. The van der Waals surface area contributed by atoms with E-state index in [9.17, 15) is 14.7 Å². The van der Waals surface area contributed by atoms with Crippen LogP contribution >= 0.6 is 22.9 Å². The van der Waals surface area contributed by atoms with Crippen molar-refractivity contribution in [2.24, 2.45) is 36.1 Å². The van der Waals surface area contributed by atoms with Crippen LogP contribution in [0.2, 0.25) is 5.02 Å². The standard InChI is InChI=1S/C46H37ClN4O5S/c1-5-24-10-14-27(15-11-24)50-42(53)30-17-16-29-32(38(30)44(50)55)21-33-43(54)51(37-22-34(48-49(37)4)41-23(2)31-20-26(47)13-19-36(31)57-41)45(56)46(33,3)40(29)39-28-9-7-6-8-25(28)12-18-35(39)52/h5-16,18-20,22,30,32-33,38,40,52H,1,17,21H2,2-4H3/t30-,32+,33-,38-,40+,46+/m0/s1. The first-order chi connectivity index (χ1) is 27.4. The van der Waals surface area contributed by atoms with Crippen LogP contribution in [0.3, 0.4) is 0 Å². The molecule has 11 heteroatoms. The van der Waals surface area contributed by atoms with Crippen LogP contribution in [0.1, 0.15) is 42.4 Å². The van der Waals surface area contributed by atoms with Gasteiger partial charge in [0, 0.05) is 34.3 Å². The molecule has 4 aliphatic rings. The number of amides is 4. The number of allylic oxidation sites excluding steroid dienone is 2. The molecule has 0 spiro atoms. The first-order valence-electron chi connectivity index (χ1n) is 19.0. The number of aryl methyl sites for hydroxylation is 2. The van der Waals surface area contributed by atoms with Gasteiger partial charge in [-0.05, 0) is 96.3 Å². The fourth-order valence-electron chi connectivity index (χ4n) is 10.4. The Morgan fingerprint density at radius 2 is 1.68 bits per heavy atom. The zero-order valence-electron chi connectivity index (χ0n) is 31.4. The maximum Gasteiger partial charge on any atom is 0.242 e. The van der Waals surface area contributed by atoms with Crippen molar-refractivity contribution in [2.75, 3.05) is 9.80 Å². The predicted molar refractivity (Wildman–Crippen MR) is 223 cm³/mol. The maximum atomic E-state index is 15.4. The van der Waals surface area contributed by atoms with E-state index in [4.69, 9.17) is 16.7 Å². The SMILES string of the molecule is C=Cc1ccc(N2C(=O)[C@H]3[C@H](CC=C4[C@H]3C[C@H]3C(=O)N(c5cc(-c6sc7ccc(Cl)cc7c6C)nn5C)C(=O)[C@@]3(C)[C@H]4c3c(O)ccc4ccccc34)C2=O)cc1. The monoisotopic (exact) mass is 792 g/mol. The molecule has 10 rings (SSSR count). The summed E-state index contributed by atoms with van der Waals surface area (Å²) >= 11 is 7.91. The smallest absolute Gasteiger partial charge is 0.242 e. The van der Waals surface area contributed by atoms with Crippen LogP contribution in [0.5, 0.6) is 5.75 Å². The Bertz CT molecular complexity index is 2820. The lowest BCUT2D eigenvalue weighted by Gasteiger charge is -2.49. The lowest BCUT2D eigenvalue weighted by molar-refractivity contribution is -0.131. The summed E-state index contributed by atoms with van der Waals surface area (Å²) in [4.78, 5) is 62.6. The highest BCUT2D eigenvalue weighted by molar-refractivity contribution is 7.22. The molecule has 6 atom stereocenters. The molecule has 4 aromatic carbocycles. The zero-order valence-corrected chi connectivity index (χ0v) is 33.0. The second-order valence-electron chi connectivity index (χ2n) is 15.9. The first kappa shape index (κ1) is 35.6. The van der Waals surface area contributed by atoms with Gasteiger partial charge in [-0.1, -0.05) is 78.4 Å². The largest absolute Gasteiger partial charge is 0.508 e. The summed E-state index contributed by atoms with van der Waals surface area (Å²) in [5, 5.41) is 19.9. The third-order valence-electron chi connectivity index (χ3n) is 13.1. The fraction of sp³-hybridized carbons (Fsp3) is 0.239. The molecule has 284 valence electrons. The summed E-state index contributed by atoms with van der Waals surface area (Å²) in [6.45, 7) is 7.66. The van der Waals surface area contributed by atoms with E-state index < -0.39 is 46.8 Å². The molecule has 1 N–H and O–H groups in total. The fourth-order valence-corrected chi connectivity index (χ4v) is 11.7. The van der Waals surface area contributed by atoms with E-state index in [0.29, 0.717) is 34.2 Å². The number of phenolic OH excluding ortho intramolecular Hbond substituents is 1.